The normalized spacial score (nSPS) is 11.5. The fourth-order valence-electron chi connectivity index (χ4n) is 4.31. The van der Waals surface area contributed by atoms with Crippen LogP contribution < -0.4 is 0 Å². The van der Waals surface area contributed by atoms with Gasteiger partial charge in [0, 0.05) is 11.3 Å². The van der Waals surface area contributed by atoms with E-state index in [1.165, 1.54) is 0 Å². The third kappa shape index (κ3) is 3.92. The quantitative estimate of drug-likeness (QED) is 0.342. The van der Waals surface area contributed by atoms with E-state index in [1.807, 2.05) is 48.5 Å². The number of phenolic OH excluding ortho intramolecular Hbond substituents is 4. The fourth-order valence-corrected chi connectivity index (χ4v) is 4.31. The van der Waals surface area contributed by atoms with Crippen molar-refractivity contribution in [3.8, 4) is 23.0 Å². The Kier molecular flexibility index (Phi) is 5.30. The average molecular weight is 412 g/mol. The van der Waals surface area contributed by atoms with Crippen molar-refractivity contribution in [2.75, 3.05) is 0 Å². The highest BCUT2D eigenvalue weighted by Gasteiger charge is 2.39. The van der Waals surface area contributed by atoms with Crippen molar-refractivity contribution in [2.24, 2.45) is 0 Å². The second kappa shape index (κ2) is 8.07. The molecule has 0 aliphatic heterocycles. The first-order chi connectivity index (χ1) is 14.9. The smallest absolute Gasteiger partial charge is 0.115 e. The molecule has 0 saturated heterocycles. The largest absolute Gasteiger partial charge is 0.508 e. The van der Waals surface area contributed by atoms with E-state index in [-0.39, 0.29) is 28.9 Å². The lowest BCUT2D eigenvalue weighted by molar-refractivity contribution is 0.463. The highest BCUT2D eigenvalue weighted by molar-refractivity contribution is 5.52. The van der Waals surface area contributed by atoms with Crippen molar-refractivity contribution >= 4 is 0 Å². The lowest BCUT2D eigenvalue weighted by Gasteiger charge is -2.40. The molecule has 4 nitrogen and oxygen atoms in total. The van der Waals surface area contributed by atoms with E-state index in [9.17, 15) is 20.4 Å². The van der Waals surface area contributed by atoms with Crippen LogP contribution in [0.5, 0.6) is 23.0 Å². The van der Waals surface area contributed by atoms with Gasteiger partial charge in [0.15, 0.2) is 0 Å². The lowest BCUT2D eigenvalue weighted by atomic mass is 9.62. The predicted octanol–water partition coefficient (Wildman–Crippen LogP) is 5.65. The molecule has 0 unspecified atom stereocenters. The zero-order valence-electron chi connectivity index (χ0n) is 17.1. The molecule has 4 N–H and O–H groups in total. The number of benzene rings is 4. The van der Waals surface area contributed by atoms with Gasteiger partial charge in [0.25, 0.3) is 0 Å². The first-order valence-electron chi connectivity index (χ1n) is 10.0. The Hall–Kier alpha value is -3.92. The molecule has 0 amide bonds. The summed E-state index contributed by atoms with van der Waals surface area (Å²) in [7, 11) is 0. The molecule has 31 heavy (non-hydrogen) atoms. The van der Waals surface area contributed by atoms with Gasteiger partial charge >= 0.3 is 0 Å². The molecule has 0 radical (unpaired) electrons. The van der Waals surface area contributed by atoms with Gasteiger partial charge < -0.3 is 20.4 Å². The number of aromatic hydroxyl groups is 4. The molecule has 156 valence electrons. The average Bonchev–Trinajstić information content (AvgIpc) is 2.77. The number of hydrogen-bond donors (Lipinski definition) is 4. The van der Waals surface area contributed by atoms with Gasteiger partial charge in [-0.05, 0) is 70.8 Å². The molecule has 0 fully saturated rings. The third-order valence-corrected chi connectivity index (χ3v) is 5.96. The molecule has 0 aliphatic carbocycles. The summed E-state index contributed by atoms with van der Waals surface area (Å²) in [5.74, 6) is 0.543. The molecule has 0 atom stereocenters. The summed E-state index contributed by atoms with van der Waals surface area (Å²) < 4.78 is 0. The van der Waals surface area contributed by atoms with Crippen molar-refractivity contribution in [1.82, 2.24) is 0 Å². The lowest BCUT2D eigenvalue weighted by Crippen LogP contribution is -2.32. The van der Waals surface area contributed by atoms with Gasteiger partial charge in [-0.1, -0.05) is 55.5 Å². The summed E-state index contributed by atoms with van der Waals surface area (Å²) in [5, 5.41) is 39.5. The van der Waals surface area contributed by atoms with Crippen molar-refractivity contribution in [2.45, 2.75) is 18.3 Å². The van der Waals surface area contributed by atoms with Gasteiger partial charge in [0.05, 0.1) is 0 Å². The second-order valence-corrected chi connectivity index (χ2v) is 7.91. The maximum absolute atomic E-state index is 9.87. The first-order valence-corrected chi connectivity index (χ1v) is 10.0. The van der Waals surface area contributed by atoms with Crippen LogP contribution in [0, 0.1) is 0 Å². The molecule has 0 spiro atoms. The Morgan fingerprint density at radius 3 is 1.00 bits per heavy atom. The topological polar surface area (TPSA) is 80.9 Å². The van der Waals surface area contributed by atoms with Crippen LogP contribution in [0.4, 0.5) is 0 Å². The van der Waals surface area contributed by atoms with Crippen LogP contribution in [0.25, 0.3) is 0 Å². The molecule has 4 heteroatoms. The summed E-state index contributed by atoms with van der Waals surface area (Å²) in [6.45, 7) is 2.12. The van der Waals surface area contributed by atoms with Gasteiger partial charge in [0.1, 0.15) is 23.0 Å². The van der Waals surface area contributed by atoms with Crippen LogP contribution in [0.15, 0.2) is 97.1 Å². The number of phenols is 4. The van der Waals surface area contributed by atoms with Crippen molar-refractivity contribution in [3.05, 3.63) is 119 Å². The molecule has 4 rings (SSSR count). The zero-order valence-corrected chi connectivity index (χ0v) is 17.1. The maximum Gasteiger partial charge on any atom is 0.115 e. The molecule has 0 aliphatic rings. The Bertz CT molecular complexity index is 1060. The third-order valence-electron chi connectivity index (χ3n) is 5.96. The summed E-state index contributed by atoms with van der Waals surface area (Å²) in [6.07, 6.45) is 0. The van der Waals surface area contributed by atoms with Crippen molar-refractivity contribution < 1.29 is 20.4 Å². The van der Waals surface area contributed by atoms with Crippen LogP contribution in [-0.2, 0) is 5.41 Å². The number of rotatable bonds is 5. The Morgan fingerprint density at radius 2 is 0.710 bits per heavy atom. The molecular formula is C27H24O4. The summed E-state index contributed by atoms with van der Waals surface area (Å²) in [5.41, 5.74) is 3.30. The SMILES string of the molecule is CC(c1ccc(O)cc1)(c1ccc(O)cc1)C(c1ccc(O)cc1)c1ccc(O)cc1. The van der Waals surface area contributed by atoms with Gasteiger partial charge in [-0.25, -0.2) is 0 Å². The Balaban J connectivity index is 2.01. The highest BCUT2D eigenvalue weighted by atomic mass is 16.3. The summed E-state index contributed by atoms with van der Waals surface area (Å²) in [4.78, 5) is 0. The number of hydrogen-bond acceptors (Lipinski definition) is 4. The van der Waals surface area contributed by atoms with E-state index in [4.69, 9.17) is 0 Å². The van der Waals surface area contributed by atoms with Crippen LogP contribution in [0.1, 0.15) is 35.1 Å². The highest BCUT2D eigenvalue weighted by Crippen LogP contribution is 2.49. The van der Waals surface area contributed by atoms with Gasteiger partial charge in [-0.2, -0.15) is 0 Å². The molecule has 0 heterocycles. The predicted molar refractivity (Wildman–Crippen MR) is 121 cm³/mol. The Morgan fingerprint density at radius 1 is 0.452 bits per heavy atom. The van der Waals surface area contributed by atoms with Crippen LogP contribution >= 0.6 is 0 Å². The van der Waals surface area contributed by atoms with Crippen LogP contribution in [0.2, 0.25) is 0 Å². The summed E-state index contributed by atoms with van der Waals surface area (Å²) in [6, 6.07) is 28.5. The van der Waals surface area contributed by atoms with E-state index >= 15 is 0 Å². The van der Waals surface area contributed by atoms with E-state index in [1.54, 1.807) is 48.5 Å². The molecule has 0 saturated carbocycles. The van der Waals surface area contributed by atoms with Crippen LogP contribution in [0.3, 0.4) is 0 Å². The molecular weight excluding hydrogens is 388 g/mol. The van der Waals surface area contributed by atoms with Crippen molar-refractivity contribution in [3.63, 3.8) is 0 Å². The monoisotopic (exact) mass is 412 g/mol. The van der Waals surface area contributed by atoms with Gasteiger partial charge in [0.2, 0.25) is 0 Å². The standard InChI is InChI=1S/C27H24O4/c1-27(20-6-14-24(30)15-7-20,21-8-16-25(31)17-9-21)26(18-2-10-22(28)11-3-18)19-4-12-23(29)13-5-19/h2-17,26,28-31H,1H3. The molecule has 4 aromatic carbocycles. The maximum atomic E-state index is 9.87. The van der Waals surface area contributed by atoms with Gasteiger partial charge in [-0.3, -0.25) is 0 Å². The van der Waals surface area contributed by atoms with Crippen molar-refractivity contribution in [1.29, 1.82) is 0 Å². The van der Waals surface area contributed by atoms with E-state index in [0.29, 0.717) is 0 Å². The minimum atomic E-state index is -0.602. The first kappa shape index (κ1) is 20.4. The molecule has 0 aromatic heterocycles. The molecule has 0 bridgehead atoms. The zero-order chi connectivity index (χ0) is 22.0. The Labute approximate surface area is 181 Å². The molecule has 4 aromatic rings. The van der Waals surface area contributed by atoms with Gasteiger partial charge in [-0.15, -0.1) is 0 Å². The summed E-state index contributed by atoms with van der Waals surface area (Å²) >= 11 is 0. The van der Waals surface area contributed by atoms with Crippen LogP contribution in [-0.4, -0.2) is 20.4 Å². The van der Waals surface area contributed by atoms with E-state index < -0.39 is 5.41 Å². The van der Waals surface area contributed by atoms with E-state index in [0.717, 1.165) is 22.3 Å². The fraction of sp³-hybridized carbons (Fsp3) is 0.111. The minimum absolute atomic E-state index is 0.183. The second-order valence-electron chi connectivity index (χ2n) is 7.91. The van der Waals surface area contributed by atoms with E-state index in [2.05, 4.69) is 6.92 Å². The minimum Gasteiger partial charge on any atom is -0.508 e.